The molecule has 0 aliphatic carbocycles. The van der Waals surface area contributed by atoms with Crippen LogP contribution in [-0.4, -0.2) is 4.98 Å². The Labute approximate surface area is 208 Å². The van der Waals surface area contributed by atoms with Crippen molar-refractivity contribution >= 4 is 43.6 Å². The summed E-state index contributed by atoms with van der Waals surface area (Å²) in [5.74, 6) is 3.49. The standard InChI is InChI=1S/C18H15P.C11H5ClN.Au/c1-4-10-16(11-5-1)19(17-12-6-2-7-13-17)18-14-8-3-9-15-18;1-2-8-5-6-10(12)9-4-3-7-13-11(8)9;/h1-15H;3-7H;/q;;-1/p+1. The van der Waals surface area contributed by atoms with Gasteiger partial charge in [-0.3, -0.25) is 0 Å². The van der Waals surface area contributed by atoms with E-state index in [9.17, 15) is 0 Å². The van der Waals surface area contributed by atoms with Gasteiger partial charge in [-0.25, -0.2) is 0 Å². The summed E-state index contributed by atoms with van der Waals surface area (Å²) in [4.78, 5) is 4.57. The summed E-state index contributed by atoms with van der Waals surface area (Å²) in [5.41, 5.74) is 1.80. The monoisotopic (exact) mass is 646 g/mol. The van der Waals surface area contributed by atoms with Gasteiger partial charge in [-0.15, -0.1) is 0 Å². The topological polar surface area (TPSA) is 12.9 Å². The number of nitrogens with zero attached hydrogens (tertiary/aromatic N) is 1. The fourth-order valence-corrected chi connectivity index (χ4v) is 15.4. The molecule has 0 fully saturated rings. The fourth-order valence-electron chi connectivity index (χ4n) is 3.95. The molecule has 5 rings (SSSR count). The van der Waals surface area contributed by atoms with E-state index in [1.165, 1.54) is 15.9 Å². The Balaban J connectivity index is 1.69. The van der Waals surface area contributed by atoms with Crippen LogP contribution in [0, 0.1) is 10.1 Å². The van der Waals surface area contributed by atoms with Crippen molar-refractivity contribution in [3.05, 3.63) is 132 Å². The third kappa shape index (κ3) is 4.42. The summed E-state index contributed by atoms with van der Waals surface area (Å²) in [6.07, 6.45) is 1.80. The summed E-state index contributed by atoms with van der Waals surface area (Å²) in [6, 6.07) is 40.7. The molecule has 0 atom stereocenters. The number of benzene rings is 4. The molecule has 0 radical (unpaired) electrons. The van der Waals surface area contributed by atoms with E-state index in [1.54, 1.807) is 6.20 Å². The minimum atomic E-state index is -2.28. The van der Waals surface area contributed by atoms with Crippen LogP contribution in [0.25, 0.3) is 10.9 Å². The van der Waals surface area contributed by atoms with Crippen molar-refractivity contribution in [2.75, 3.05) is 0 Å². The number of rotatable bonds is 4. The summed E-state index contributed by atoms with van der Waals surface area (Å²) in [6.45, 7) is 0. The third-order valence-electron chi connectivity index (χ3n) is 5.49. The van der Waals surface area contributed by atoms with Gasteiger partial charge >= 0.3 is 210 Å². The Bertz CT molecular complexity index is 1350. The molecule has 1 heterocycles. The first kappa shape index (κ1) is 22.1. The van der Waals surface area contributed by atoms with Gasteiger partial charge in [-0.2, -0.15) is 0 Å². The summed E-state index contributed by atoms with van der Waals surface area (Å²) >= 11 is 6.01. The molecule has 1 aromatic heterocycles. The van der Waals surface area contributed by atoms with Crippen molar-refractivity contribution in [1.29, 1.82) is 0 Å². The van der Waals surface area contributed by atoms with Gasteiger partial charge in [0.05, 0.1) is 0 Å². The number of hydrogen-bond donors (Lipinski definition) is 0. The second-order valence-electron chi connectivity index (χ2n) is 7.47. The normalized spacial score (nSPS) is 11.7. The molecule has 0 unspecified atom stereocenters. The first-order valence-electron chi connectivity index (χ1n) is 10.6. The maximum atomic E-state index is 6.40. The summed E-state index contributed by atoms with van der Waals surface area (Å²) < 4.78 is 3.68. The molecule has 1 nitrogen and oxygen atoms in total. The van der Waals surface area contributed by atoms with E-state index in [-0.39, 0.29) is 19.2 Å². The second kappa shape index (κ2) is 10.1. The SMILES string of the molecule is Clc1ccc(C#[C][Au][PH](c2ccccc2)(c2ccccc2)c2ccccc2)c2ncccc12. The van der Waals surface area contributed by atoms with Crippen LogP contribution in [0.2, 0.25) is 5.02 Å². The van der Waals surface area contributed by atoms with Gasteiger partial charge in [0, 0.05) is 0 Å². The van der Waals surface area contributed by atoms with Gasteiger partial charge in [0.1, 0.15) is 0 Å². The second-order valence-corrected chi connectivity index (χ2v) is 18.0. The Kier molecular flexibility index (Phi) is 6.75. The zero-order chi connectivity index (χ0) is 22.5. The Morgan fingerprint density at radius 3 is 1.73 bits per heavy atom. The van der Waals surface area contributed by atoms with E-state index in [0.29, 0.717) is 5.02 Å². The molecule has 0 N–H and O–H groups in total. The van der Waals surface area contributed by atoms with Gasteiger partial charge in [0.15, 0.2) is 0 Å². The van der Waals surface area contributed by atoms with Crippen LogP contribution in [0.15, 0.2) is 121 Å². The number of pyridine rings is 1. The summed E-state index contributed by atoms with van der Waals surface area (Å²) in [5, 5.41) is 3.57. The van der Waals surface area contributed by atoms with Crippen molar-refractivity contribution in [3.8, 4) is 10.1 Å². The molecule has 0 aliphatic heterocycles. The van der Waals surface area contributed by atoms with Crippen molar-refractivity contribution in [2.24, 2.45) is 0 Å². The van der Waals surface area contributed by atoms with Crippen LogP contribution >= 0.6 is 16.8 Å². The van der Waals surface area contributed by atoms with Crippen LogP contribution in [0.5, 0.6) is 0 Å². The maximum absolute atomic E-state index is 6.40. The van der Waals surface area contributed by atoms with Crippen LogP contribution < -0.4 is 15.9 Å². The molecule has 0 spiro atoms. The molecule has 33 heavy (non-hydrogen) atoms. The number of halogens is 1. The number of fused-ring (bicyclic) bond motifs is 1. The van der Waals surface area contributed by atoms with Gasteiger partial charge in [0.2, 0.25) is 0 Å². The first-order valence-corrected chi connectivity index (χ1v) is 17.1. The van der Waals surface area contributed by atoms with Gasteiger partial charge in [-0.1, -0.05) is 0 Å². The molecular weight excluding hydrogens is 626 g/mol. The van der Waals surface area contributed by atoms with Crippen LogP contribution in [0.1, 0.15) is 5.56 Å². The van der Waals surface area contributed by atoms with E-state index in [4.69, 9.17) is 11.6 Å². The van der Waals surface area contributed by atoms with E-state index in [1.807, 2.05) is 24.3 Å². The van der Waals surface area contributed by atoms with Gasteiger partial charge < -0.3 is 0 Å². The van der Waals surface area contributed by atoms with Crippen molar-refractivity contribution < 1.29 is 19.2 Å². The van der Waals surface area contributed by atoms with E-state index in [0.717, 1.165) is 16.5 Å². The summed E-state index contributed by atoms with van der Waals surface area (Å²) in [7, 11) is 0. The van der Waals surface area contributed by atoms with Crippen LogP contribution in [0.4, 0.5) is 0 Å². The van der Waals surface area contributed by atoms with Crippen LogP contribution in [0.3, 0.4) is 0 Å². The predicted molar refractivity (Wildman–Crippen MR) is 140 cm³/mol. The van der Waals surface area contributed by atoms with Crippen LogP contribution in [-0.2, 0) is 19.2 Å². The molecule has 0 amide bonds. The molecule has 4 aromatic carbocycles. The van der Waals surface area contributed by atoms with Gasteiger partial charge in [-0.05, 0) is 0 Å². The van der Waals surface area contributed by atoms with E-state index >= 15 is 0 Å². The molecular formula is C29H21AuClNP. The number of aromatic nitrogens is 1. The molecule has 5 aromatic rings. The molecule has 4 heteroatoms. The molecule has 0 aliphatic rings. The zero-order valence-corrected chi connectivity index (χ0v) is 21.6. The third-order valence-corrected chi connectivity index (χ3v) is 18.5. The fraction of sp³-hybridized carbons (Fsp3) is 0. The average molecular weight is 647 g/mol. The predicted octanol–water partition coefficient (Wildman–Crippen LogP) is 5.92. The number of hydrogen-bond acceptors (Lipinski definition) is 1. The molecule has 0 saturated heterocycles. The molecule has 0 bridgehead atoms. The average Bonchev–Trinajstić information content (AvgIpc) is 2.90. The first-order chi connectivity index (χ1) is 16.3. The quantitative estimate of drug-likeness (QED) is 0.134. The molecule has 0 saturated carbocycles. The Morgan fingerprint density at radius 1 is 0.636 bits per heavy atom. The van der Waals surface area contributed by atoms with Crippen molar-refractivity contribution in [3.63, 3.8) is 0 Å². The zero-order valence-electron chi connectivity index (χ0n) is 17.7. The van der Waals surface area contributed by atoms with Crippen molar-refractivity contribution in [2.45, 2.75) is 0 Å². The van der Waals surface area contributed by atoms with Gasteiger partial charge in [0.25, 0.3) is 0 Å². The van der Waals surface area contributed by atoms with E-state index < -0.39 is 5.15 Å². The molecule has 165 valence electrons. The van der Waals surface area contributed by atoms with E-state index in [2.05, 4.69) is 106 Å². The minimum absolute atomic E-state index is 0.386. The van der Waals surface area contributed by atoms with Crippen molar-refractivity contribution in [1.82, 2.24) is 4.98 Å². The Hall–Kier alpha value is -2.69. The Morgan fingerprint density at radius 2 is 1.18 bits per heavy atom.